The molecule has 20 heavy (non-hydrogen) atoms. The van der Waals surface area contributed by atoms with Gasteiger partial charge in [-0.2, -0.15) is 0 Å². The molecule has 1 saturated heterocycles. The van der Waals surface area contributed by atoms with Crippen molar-refractivity contribution >= 4 is 28.8 Å². The van der Waals surface area contributed by atoms with E-state index in [0.717, 1.165) is 30.3 Å². The zero-order valence-corrected chi connectivity index (χ0v) is 12.6. The van der Waals surface area contributed by atoms with Gasteiger partial charge in [0, 0.05) is 11.3 Å². The van der Waals surface area contributed by atoms with Gasteiger partial charge < -0.3 is 11.1 Å². The maximum absolute atomic E-state index is 12.0. The van der Waals surface area contributed by atoms with Crippen LogP contribution in [-0.2, 0) is 4.79 Å². The van der Waals surface area contributed by atoms with Crippen molar-refractivity contribution in [3.8, 4) is 0 Å². The van der Waals surface area contributed by atoms with E-state index in [4.69, 9.17) is 18.0 Å². The fraction of sp³-hybridized carbons (Fsp3) is 0.467. The standard InChI is InChI=1S/C15H21N3OS/c1-11-5-7-18(8-6-11)10-14(19)17-13-4-2-3-12(9-13)15(16)20/h2-4,9,11H,5-8,10H2,1H3,(H2,16,20)(H,17,19). The number of carbonyl (C=O) groups is 1. The van der Waals surface area contributed by atoms with Gasteiger partial charge in [0.1, 0.15) is 4.99 Å². The Hall–Kier alpha value is -1.46. The maximum Gasteiger partial charge on any atom is 0.238 e. The predicted molar refractivity (Wildman–Crippen MR) is 85.8 cm³/mol. The van der Waals surface area contributed by atoms with Crippen molar-refractivity contribution < 1.29 is 4.79 Å². The molecule has 0 saturated carbocycles. The van der Waals surface area contributed by atoms with E-state index >= 15 is 0 Å². The van der Waals surface area contributed by atoms with Crippen molar-refractivity contribution in [3.63, 3.8) is 0 Å². The number of anilines is 1. The fourth-order valence-corrected chi connectivity index (χ4v) is 2.50. The lowest BCUT2D eigenvalue weighted by Gasteiger charge is -2.29. The molecule has 0 aromatic heterocycles. The number of carbonyl (C=O) groups excluding carboxylic acids is 1. The lowest BCUT2D eigenvalue weighted by molar-refractivity contribution is -0.117. The number of hydrogen-bond donors (Lipinski definition) is 2. The van der Waals surface area contributed by atoms with Gasteiger partial charge in [0.05, 0.1) is 6.54 Å². The molecule has 1 fully saturated rings. The Labute approximate surface area is 125 Å². The fourth-order valence-electron chi connectivity index (χ4n) is 2.37. The van der Waals surface area contributed by atoms with Crippen LogP contribution in [0.2, 0.25) is 0 Å². The van der Waals surface area contributed by atoms with E-state index in [-0.39, 0.29) is 5.91 Å². The van der Waals surface area contributed by atoms with Gasteiger partial charge >= 0.3 is 0 Å². The minimum atomic E-state index is 0.0136. The lowest BCUT2D eigenvalue weighted by atomic mass is 9.99. The first kappa shape index (κ1) is 14.9. The SMILES string of the molecule is CC1CCN(CC(=O)Nc2cccc(C(N)=S)c2)CC1. The van der Waals surface area contributed by atoms with Gasteiger partial charge in [-0.05, 0) is 44.0 Å². The van der Waals surface area contributed by atoms with E-state index in [1.807, 2.05) is 18.2 Å². The molecule has 0 spiro atoms. The number of amides is 1. The monoisotopic (exact) mass is 291 g/mol. The molecular weight excluding hydrogens is 270 g/mol. The molecule has 1 aliphatic heterocycles. The van der Waals surface area contributed by atoms with Crippen LogP contribution < -0.4 is 11.1 Å². The molecule has 5 heteroatoms. The highest BCUT2D eigenvalue weighted by Crippen LogP contribution is 2.16. The van der Waals surface area contributed by atoms with Crippen LogP contribution in [0, 0.1) is 5.92 Å². The molecule has 2 rings (SSSR count). The molecule has 4 nitrogen and oxygen atoms in total. The predicted octanol–water partition coefficient (Wildman–Crippen LogP) is 1.99. The van der Waals surface area contributed by atoms with Crippen LogP contribution in [0.4, 0.5) is 5.69 Å². The molecule has 3 N–H and O–H groups in total. The van der Waals surface area contributed by atoms with Gasteiger partial charge in [-0.25, -0.2) is 0 Å². The summed E-state index contributed by atoms with van der Waals surface area (Å²) in [7, 11) is 0. The summed E-state index contributed by atoms with van der Waals surface area (Å²) in [6, 6.07) is 7.33. The third-order valence-corrected chi connectivity index (χ3v) is 3.91. The topological polar surface area (TPSA) is 58.4 Å². The van der Waals surface area contributed by atoms with Crippen molar-refractivity contribution in [2.24, 2.45) is 11.7 Å². The van der Waals surface area contributed by atoms with Gasteiger partial charge in [0.15, 0.2) is 0 Å². The van der Waals surface area contributed by atoms with Crippen molar-refractivity contribution in [3.05, 3.63) is 29.8 Å². The third kappa shape index (κ3) is 4.28. The molecule has 1 aromatic rings. The molecule has 1 aromatic carbocycles. The van der Waals surface area contributed by atoms with Crippen LogP contribution in [-0.4, -0.2) is 35.4 Å². The van der Waals surface area contributed by atoms with Gasteiger partial charge in [-0.3, -0.25) is 9.69 Å². The molecule has 1 amide bonds. The van der Waals surface area contributed by atoms with E-state index in [0.29, 0.717) is 11.5 Å². The largest absolute Gasteiger partial charge is 0.389 e. The van der Waals surface area contributed by atoms with Crippen LogP contribution in [0.1, 0.15) is 25.3 Å². The highest BCUT2D eigenvalue weighted by atomic mass is 32.1. The van der Waals surface area contributed by atoms with E-state index in [2.05, 4.69) is 17.1 Å². The minimum Gasteiger partial charge on any atom is -0.389 e. The van der Waals surface area contributed by atoms with Crippen LogP contribution in [0.25, 0.3) is 0 Å². The number of nitrogens with zero attached hydrogens (tertiary/aromatic N) is 1. The summed E-state index contributed by atoms with van der Waals surface area (Å²) in [6.07, 6.45) is 2.34. The van der Waals surface area contributed by atoms with Crippen molar-refractivity contribution in [1.82, 2.24) is 4.90 Å². The number of nitrogens with one attached hydrogen (secondary N) is 1. The molecule has 0 unspecified atom stereocenters. The highest BCUT2D eigenvalue weighted by molar-refractivity contribution is 7.80. The van der Waals surface area contributed by atoms with Crippen molar-refractivity contribution in [2.45, 2.75) is 19.8 Å². The molecule has 0 radical (unpaired) electrons. The molecule has 1 heterocycles. The normalized spacial score (nSPS) is 16.9. The van der Waals surface area contributed by atoms with Gasteiger partial charge in [0.2, 0.25) is 5.91 Å². The quantitative estimate of drug-likeness (QED) is 0.833. The Balaban J connectivity index is 1.88. The summed E-state index contributed by atoms with van der Waals surface area (Å²) >= 11 is 4.93. The number of likely N-dealkylation sites (tertiary alicyclic amines) is 1. The minimum absolute atomic E-state index is 0.0136. The number of nitrogens with two attached hydrogens (primary N) is 1. The number of benzene rings is 1. The molecule has 0 bridgehead atoms. The molecule has 108 valence electrons. The van der Waals surface area contributed by atoms with Crippen molar-refractivity contribution in [2.75, 3.05) is 25.0 Å². The second-order valence-corrected chi connectivity index (χ2v) is 5.89. The van der Waals surface area contributed by atoms with Crippen LogP contribution in [0.15, 0.2) is 24.3 Å². The first-order valence-electron chi connectivity index (χ1n) is 6.96. The summed E-state index contributed by atoms with van der Waals surface area (Å²) in [6.45, 7) is 4.71. The number of piperidine rings is 1. The summed E-state index contributed by atoms with van der Waals surface area (Å²) in [5.41, 5.74) is 7.10. The summed E-state index contributed by atoms with van der Waals surface area (Å²) in [5.74, 6) is 0.788. The molecule has 0 atom stereocenters. The van der Waals surface area contributed by atoms with E-state index in [1.54, 1.807) is 6.07 Å². The Morgan fingerprint density at radius 1 is 1.45 bits per heavy atom. The smallest absolute Gasteiger partial charge is 0.238 e. The van der Waals surface area contributed by atoms with Gasteiger partial charge in [-0.15, -0.1) is 0 Å². The summed E-state index contributed by atoms with van der Waals surface area (Å²) in [4.78, 5) is 14.6. The third-order valence-electron chi connectivity index (χ3n) is 3.67. The van der Waals surface area contributed by atoms with Gasteiger partial charge in [0.25, 0.3) is 0 Å². The maximum atomic E-state index is 12.0. The zero-order chi connectivity index (χ0) is 14.5. The van der Waals surface area contributed by atoms with E-state index in [9.17, 15) is 4.79 Å². The summed E-state index contributed by atoms with van der Waals surface area (Å²) in [5, 5.41) is 2.90. The second-order valence-electron chi connectivity index (χ2n) is 5.45. The molecule has 0 aliphatic carbocycles. The average Bonchev–Trinajstić information content (AvgIpc) is 2.41. The highest BCUT2D eigenvalue weighted by Gasteiger charge is 2.17. The second kappa shape index (κ2) is 6.81. The Bertz CT molecular complexity index is 496. The summed E-state index contributed by atoms with van der Waals surface area (Å²) < 4.78 is 0. The Kier molecular flexibility index (Phi) is 5.09. The number of thiocarbonyl (C=S) groups is 1. The van der Waals surface area contributed by atoms with Crippen LogP contribution in [0.3, 0.4) is 0 Å². The Morgan fingerprint density at radius 2 is 2.15 bits per heavy atom. The zero-order valence-electron chi connectivity index (χ0n) is 11.8. The van der Waals surface area contributed by atoms with Crippen LogP contribution >= 0.6 is 12.2 Å². The first-order valence-corrected chi connectivity index (χ1v) is 7.37. The molecular formula is C15H21N3OS. The average molecular weight is 291 g/mol. The first-order chi connectivity index (χ1) is 9.54. The van der Waals surface area contributed by atoms with Gasteiger partial charge in [-0.1, -0.05) is 31.3 Å². The lowest BCUT2D eigenvalue weighted by Crippen LogP contribution is -2.38. The number of rotatable bonds is 4. The van der Waals surface area contributed by atoms with Crippen molar-refractivity contribution in [1.29, 1.82) is 0 Å². The van der Waals surface area contributed by atoms with E-state index in [1.165, 1.54) is 12.8 Å². The van der Waals surface area contributed by atoms with E-state index < -0.39 is 0 Å². The van der Waals surface area contributed by atoms with Crippen LogP contribution in [0.5, 0.6) is 0 Å². The molecule has 1 aliphatic rings. The number of hydrogen-bond acceptors (Lipinski definition) is 3. The Morgan fingerprint density at radius 3 is 2.80 bits per heavy atom.